The number of allylic oxidation sites excluding steroid dienone is 7. The van der Waals surface area contributed by atoms with Crippen LogP contribution in [0.1, 0.15) is 49.7 Å². The Morgan fingerprint density at radius 1 is 1.11 bits per heavy atom. The van der Waals surface area contributed by atoms with Crippen LogP contribution in [0.4, 0.5) is 0 Å². The van der Waals surface area contributed by atoms with E-state index in [2.05, 4.69) is 42.5 Å². The van der Waals surface area contributed by atoms with Gasteiger partial charge in [-0.1, -0.05) is 36.4 Å². The second-order valence-electron chi connectivity index (χ2n) is 9.75. The molecule has 4 heterocycles. The molecule has 0 spiro atoms. The van der Waals surface area contributed by atoms with Crippen molar-refractivity contribution in [2.75, 3.05) is 0 Å². The topological polar surface area (TPSA) is 87.7 Å². The lowest BCUT2D eigenvalue weighted by atomic mass is 9.91. The molecule has 2 N–H and O–H groups in total. The molecule has 1 aliphatic rings. The Kier molecular flexibility index (Phi) is 6.64. The van der Waals surface area contributed by atoms with Crippen molar-refractivity contribution in [2.45, 2.75) is 32.7 Å². The van der Waals surface area contributed by atoms with Crippen LogP contribution in [0.2, 0.25) is 0 Å². The minimum absolute atomic E-state index is 0.0857. The van der Waals surface area contributed by atoms with Gasteiger partial charge in [0.15, 0.2) is 0 Å². The average molecular weight is 502 g/mol. The van der Waals surface area contributed by atoms with Gasteiger partial charge in [0.1, 0.15) is 5.54 Å². The van der Waals surface area contributed by atoms with Crippen molar-refractivity contribution in [3.63, 3.8) is 0 Å². The van der Waals surface area contributed by atoms with E-state index in [4.69, 9.17) is 20.4 Å². The molecule has 0 fully saturated rings. The largest absolute Gasteiger partial charge is 0.512 e. The Morgan fingerprint density at radius 2 is 1.79 bits per heavy atom. The molecule has 4 aromatic heterocycles. The molecule has 0 bridgehead atoms. The van der Waals surface area contributed by atoms with Crippen LogP contribution in [0.5, 0.6) is 0 Å². The molecule has 0 radical (unpaired) electrons. The summed E-state index contributed by atoms with van der Waals surface area (Å²) in [6.07, 6.45) is 16.8. The lowest BCUT2D eigenvalue weighted by Crippen LogP contribution is -2.34. The van der Waals surface area contributed by atoms with E-state index in [1.807, 2.05) is 48.5 Å². The van der Waals surface area contributed by atoms with Gasteiger partial charge < -0.3 is 15.1 Å². The van der Waals surface area contributed by atoms with Gasteiger partial charge in [-0.3, -0.25) is 15.0 Å². The van der Waals surface area contributed by atoms with Crippen molar-refractivity contribution in [3.05, 3.63) is 126 Å². The van der Waals surface area contributed by atoms with Crippen molar-refractivity contribution < 1.29 is 5.11 Å². The molecule has 38 heavy (non-hydrogen) atoms. The minimum Gasteiger partial charge on any atom is -0.512 e. The molecule has 0 aromatic carbocycles. The summed E-state index contributed by atoms with van der Waals surface area (Å²) in [7, 11) is 0. The minimum atomic E-state index is -0.764. The fourth-order valence-corrected chi connectivity index (χ4v) is 5.21. The summed E-state index contributed by atoms with van der Waals surface area (Å²) in [5.41, 5.74) is 6.12. The highest BCUT2D eigenvalue weighted by molar-refractivity contribution is 6.22. The van der Waals surface area contributed by atoms with E-state index in [0.717, 1.165) is 40.0 Å². The summed E-state index contributed by atoms with van der Waals surface area (Å²) in [5, 5.41) is 18.7. The lowest BCUT2D eigenvalue weighted by molar-refractivity contribution is 0.418. The zero-order chi connectivity index (χ0) is 26.9. The normalized spacial score (nSPS) is 16.2. The molecule has 5 rings (SSSR count). The highest BCUT2D eigenvalue weighted by atomic mass is 16.3. The zero-order valence-electron chi connectivity index (χ0n) is 21.9. The fourth-order valence-electron chi connectivity index (χ4n) is 5.21. The highest BCUT2D eigenvalue weighted by Crippen LogP contribution is 2.39. The monoisotopic (exact) mass is 501 g/mol. The molecule has 6 nitrogen and oxygen atoms in total. The van der Waals surface area contributed by atoms with E-state index in [1.165, 1.54) is 0 Å². The first-order valence-electron chi connectivity index (χ1n) is 12.7. The molecule has 190 valence electrons. The Hall–Kier alpha value is -4.58. The molecule has 0 amide bonds. The first-order chi connectivity index (χ1) is 18.3. The second-order valence-corrected chi connectivity index (χ2v) is 9.75. The highest BCUT2D eigenvalue weighted by Gasteiger charge is 2.36. The molecule has 6 heteroatoms. The zero-order valence-corrected chi connectivity index (χ0v) is 21.9. The molecule has 4 aromatic rings. The summed E-state index contributed by atoms with van der Waals surface area (Å²) in [4.78, 5) is 14.4. The number of fused-ring (bicyclic) bond motifs is 1. The van der Waals surface area contributed by atoms with Crippen LogP contribution in [-0.2, 0) is 5.54 Å². The molecular formula is C32H31N5O. The maximum absolute atomic E-state index is 10.4. The van der Waals surface area contributed by atoms with Gasteiger partial charge in [0.2, 0.25) is 0 Å². The number of aromatic nitrogens is 4. The van der Waals surface area contributed by atoms with Gasteiger partial charge in [0.05, 0.1) is 28.2 Å². The van der Waals surface area contributed by atoms with Crippen molar-refractivity contribution in [1.29, 1.82) is 5.41 Å². The number of nitrogens with one attached hydrogen (secondary N) is 1. The SMILES string of the molecule is C=CC1C=CC(c2cn(C(C)(c3ccccn3)c3ccccn3)c3cc(/C(C(C)=N)=C(\C)O)cnc23)=CC1. The third-order valence-corrected chi connectivity index (χ3v) is 7.22. The van der Waals surface area contributed by atoms with Gasteiger partial charge >= 0.3 is 0 Å². The maximum atomic E-state index is 10.4. The molecule has 1 unspecified atom stereocenters. The molecular weight excluding hydrogens is 470 g/mol. The fraction of sp³-hybridized carbons (Fsp3) is 0.188. The molecule has 0 saturated heterocycles. The van der Waals surface area contributed by atoms with Gasteiger partial charge in [-0.25, -0.2) is 0 Å². The first kappa shape index (κ1) is 25.1. The predicted molar refractivity (Wildman–Crippen MR) is 154 cm³/mol. The van der Waals surface area contributed by atoms with E-state index in [-0.39, 0.29) is 11.5 Å². The maximum Gasteiger partial charge on any atom is 0.126 e. The number of hydrogen-bond donors (Lipinski definition) is 2. The number of aliphatic hydroxyl groups excluding tert-OH is 1. The Bertz CT molecular complexity index is 1570. The van der Waals surface area contributed by atoms with Crippen LogP contribution in [-0.4, -0.2) is 30.3 Å². The lowest BCUT2D eigenvalue weighted by Gasteiger charge is -2.31. The van der Waals surface area contributed by atoms with Gasteiger partial charge in [-0.05, 0) is 69.0 Å². The summed E-state index contributed by atoms with van der Waals surface area (Å²) in [5.74, 6) is 0.400. The number of pyridine rings is 3. The predicted octanol–water partition coefficient (Wildman–Crippen LogP) is 7.11. The van der Waals surface area contributed by atoms with Crippen molar-refractivity contribution in [1.82, 2.24) is 19.5 Å². The third kappa shape index (κ3) is 4.28. The van der Waals surface area contributed by atoms with Crippen LogP contribution < -0.4 is 0 Å². The number of nitrogens with zero attached hydrogens (tertiary/aromatic N) is 4. The van der Waals surface area contributed by atoms with E-state index < -0.39 is 5.54 Å². The van der Waals surface area contributed by atoms with Gasteiger partial charge in [-0.15, -0.1) is 6.58 Å². The summed E-state index contributed by atoms with van der Waals surface area (Å²) >= 11 is 0. The standard InChI is InChI=1S/C32H31N5O/c1-5-23-12-14-24(15-13-23)26-20-37(27-18-25(19-36-31(26)27)30(21(2)33)22(3)38)32(4,28-10-6-8-16-34-28)29-11-7-9-17-35-29/h5-12,14-20,23,33,38H,1,13H2,2-4H3/b30-22+,33-21?. The van der Waals surface area contributed by atoms with Crippen LogP contribution in [0.3, 0.4) is 0 Å². The summed E-state index contributed by atoms with van der Waals surface area (Å²) < 4.78 is 2.18. The van der Waals surface area contributed by atoms with Crippen LogP contribution in [0.15, 0.2) is 104 Å². The Labute approximate surface area is 222 Å². The smallest absolute Gasteiger partial charge is 0.126 e. The van der Waals surface area contributed by atoms with Crippen molar-refractivity contribution >= 4 is 27.9 Å². The quantitative estimate of drug-likeness (QED) is 0.160. The molecule has 1 atom stereocenters. The van der Waals surface area contributed by atoms with E-state index in [1.54, 1.807) is 32.4 Å². The summed E-state index contributed by atoms with van der Waals surface area (Å²) in [6, 6.07) is 13.8. The van der Waals surface area contributed by atoms with Crippen molar-refractivity contribution in [3.8, 4) is 0 Å². The van der Waals surface area contributed by atoms with Gasteiger partial charge in [-0.2, -0.15) is 0 Å². The van der Waals surface area contributed by atoms with Crippen LogP contribution in [0.25, 0.3) is 22.2 Å². The van der Waals surface area contributed by atoms with Gasteiger partial charge in [0.25, 0.3) is 0 Å². The number of aliphatic hydroxyl groups is 1. The van der Waals surface area contributed by atoms with Crippen LogP contribution >= 0.6 is 0 Å². The first-order valence-corrected chi connectivity index (χ1v) is 12.7. The van der Waals surface area contributed by atoms with E-state index in [9.17, 15) is 5.11 Å². The number of hydrogen-bond acceptors (Lipinski definition) is 5. The molecule has 0 saturated carbocycles. The second kappa shape index (κ2) is 10.1. The molecule has 1 aliphatic carbocycles. The van der Waals surface area contributed by atoms with Gasteiger partial charge in [0, 0.05) is 47.2 Å². The summed E-state index contributed by atoms with van der Waals surface area (Å²) in [6.45, 7) is 9.32. The third-order valence-electron chi connectivity index (χ3n) is 7.22. The van der Waals surface area contributed by atoms with E-state index >= 15 is 0 Å². The Balaban J connectivity index is 1.84. The molecule has 0 aliphatic heterocycles. The Morgan fingerprint density at radius 3 is 2.29 bits per heavy atom. The number of rotatable bonds is 7. The average Bonchev–Trinajstić information content (AvgIpc) is 3.32. The van der Waals surface area contributed by atoms with Crippen molar-refractivity contribution in [2.24, 2.45) is 5.92 Å². The van der Waals surface area contributed by atoms with Crippen LogP contribution in [0, 0.1) is 11.3 Å². The van der Waals surface area contributed by atoms with E-state index in [0.29, 0.717) is 17.1 Å².